The van der Waals surface area contributed by atoms with Crippen LogP contribution in [0.25, 0.3) is 0 Å². The van der Waals surface area contributed by atoms with Gasteiger partial charge in [0.15, 0.2) is 0 Å². The molecule has 2 heteroatoms. The highest BCUT2D eigenvalue weighted by Gasteiger charge is 2.43. The van der Waals surface area contributed by atoms with E-state index in [-0.39, 0.29) is 0 Å². The van der Waals surface area contributed by atoms with E-state index >= 15 is 0 Å². The Morgan fingerprint density at radius 1 is 1.24 bits per heavy atom. The molecule has 1 N–H and O–H groups in total. The molecule has 0 spiro atoms. The van der Waals surface area contributed by atoms with Crippen LogP contribution in [0, 0.1) is 25.2 Å². The molecule has 2 rings (SSSR count). The maximum atomic E-state index is 3.94. The van der Waals surface area contributed by atoms with Gasteiger partial charge in [0.1, 0.15) is 0 Å². The lowest BCUT2D eigenvalue weighted by atomic mass is 9.71. The monoisotopic (exact) mass is 307 g/mol. The van der Waals surface area contributed by atoms with Crippen molar-refractivity contribution < 1.29 is 0 Å². The lowest BCUT2D eigenvalue weighted by Crippen LogP contribution is -2.38. The average molecular weight is 308 g/mol. The molecule has 1 aliphatic carbocycles. The topological polar surface area (TPSA) is 12.0 Å². The van der Waals surface area contributed by atoms with Crippen LogP contribution in [0.1, 0.15) is 80.7 Å². The second-order valence-corrected chi connectivity index (χ2v) is 8.75. The molecular formula is C19H33NS. The second kappa shape index (κ2) is 7.28. The summed E-state index contributed by atoms with van der Waals surface area (Å²) in [7, 11) is 0. The van der Waals surface area contributed by atoms with E-state index in [2.05, 4.69) is 46.0 Å². The fraction of sp³-hybridized carbons (Fsp3) is 0.789. The van der Waals surface area contributed by atoms with Gasteiger partial charge in [-0.05, 0) is 69.0 Å². The van der Waals surface area contributed by atoms with Crippen LogP contribution in [-0.4, -0.2) is 6.54 Å². The Hall–Kier alpha value is -0.340. The fourth-order valence-electron chi connectivity index (χ4n) is 4.32. The molecule has 1 fully saturated rings. The maximum Gasteiger partial charge on any atom is 0.0474 e. The summed E-state index contributed by atoms with van der Waals surface area (Å²) in [6.45, 7) is 12.8. The van der Waals surface area contributed by atoms with Crippen molar-refractivity contribution >= 4 is 11.3 Å². The summed E-state index contributed by atoms with van der Waals surface area (Å²) in [4.78, 5) is 3.08. The van der Waals surface area contributed by atoms with E-state index in [1.807, 2.05) is 11.3 Å². The van der Waals surface area contributed by atoms with Crippen LogP contribution in [0.5, 0.6) is 0 Å². The molecule has 0 bridgehead atoms. The lowest BCUT2D eigenvalue weighted by Gasteiger charge is -2.40. The van der Waals surface area contributed by atoms with Gasteiger partial charge in [0, 0.05) is 15.8 Å². The predicted octanol–water partition coefficient (Wildman–Crippen LogP) is 6.01. The quantitative estimate of drug-likeness (QED) is 0.650. The zero-order chi connectivity index (χ0) is 15.5. The third-order valence-electron chi connectivity index (χ3n) is 4.97. The van der Waals surface area contributed by atoms with Crippen LogP contribution in [0.15, 0.2) is 6.07 Å². The van der Waals surface area contributed by atoms with Crippen LogP contribution in [0.4, 0.5) is 0 Å². The Bertz CT molecular complexity index is 440. The molecule has 1 nitrogen and oxygen atoms in total. The summed E-state index contributed by atoms with van der Waals surface area (Å²) >= 11 is 2.02. The minimum atomic E-state index is 0.491. The Kier molecular flexibility index (Phi) is 5.90. The summed E-state index contributed by atoms with van der Waals surface area (Å²) in [6.07, 6.45) is 8.23. The molecule has 1 saturated carbocycles. The summed E-state index contributed by atoms with van der Waals surface area (Å²) in [5.41, 5.74) is 1.99. The first-order valence-corrected chi connectivity index (χ1v) is 9.60. The first-order valence-electron chi connectivity index (χ1n) is 8.79. The Labute approximate surface area is 135 Å². The van der Waals surface area contributed by atoms with Crippen molar-refractivity contribution in [1.29, 1.82) is 0 Å². The molecule has 21 heavy (non-hydrogen) atoms. The Morgan fingerprint density at radius 2 is 1.90 bits per heavy atom. The summed E-state index contributed by atoms with van der Waals surface area (Å²) in [5.74, 6) is 0.787. The van der Waals surface area contributed by atoms with E-state index in [1.54, 1.807) is 4.88 Å². The highest BCUT2D eigenvalue weighted by atomic mass is 32.1. The fourth-order valence-corrected chi connectivity index (χ4v) is 5.58. The largest absolute Gasteiger partial charge is 0.309 e. The first-order chi connectivity index (χ1) is 9.98. The molecule has 1 unspecified atom stereocenters. The van der Waals surface area contributed by atoms with Gasteiger partial charge in [-0.1, -0.05) is 33.6 Å². The van der Waals surface area contributed by atoms with Crippen molar-refractivity contribution in [1.82, 2.24) is 5.32 Å². The van der Waals surface area contributed by atoms with Crippen LogP contribution < -0.4 is 5.32 Å². The van der Waals surface area contributed by atoms with Gasteiger partial charge in [0.05, 0.1) is 0 Å². The van der Waals surface area contributed by atoms with E-state index in [9.17, 15) is 0 Å². The normalized spacial score (nSPS) is 19.3. The van der Waals surface area contributed by atoms with Gasteiger partial charge < -0.3 is 5.32 Å². The molecule has 1 atom stereocenters. The SMILES string of the molecule is CCCNC(c1sc(C)cc1C)C1(CC(C)C)CCCC1. The minimum absolute atomic E-state index is 0.491. The third kappa shape index (κ3) is 3.90. The smallest absolute Gasteiger partial charge is 0.0474 e. The summed E-state index contributed by atoms with van der Waals surface area (Å²) in [5, 5.41) is 3.94. The first kappa shape index (κ1) is 17.0. The van der Waals surface area contributed by atoms with E-state index in [4.69, 9.17) is 0 Å². The molecule has 1 aromatic heterocycles. The Balaban J connectivity index is 2.34. The molecule has 1 aliphatic rings. The number of hydrogen-bond acceptors (Lipinski definition) is 2. The molecule has 0 amide bonds. The van der Waals surface area contributed by atoms with E-state index in [0.717, 1.165) is 12.5 Å². The molecular weight excluding hydrogens is 274 g/mol. The average Bonchev–Trinajstić information content (AvgIpc) is 2.97. The molecule has 1 heterocycles. The number of thiophene rings is 1. The molecule has 0 radical (unpaired) electrons. The Morgan fingerprint density at radius 3 is 2.38 bits per heavy atom. The molecule has 120 valence electrons. The van der Waals surface area contributed by atoms with E-state index in [0.29, 0.717) is 11.5 Å². The highest BCUT2D eigenvalue weighted by Crippen LogP contribution is 2.53. The van der Waals surface area contributed by atoms with Crippen molar-refractivity contribution in [2.45, 2.75) is 79.2 Å². The lowest BCUT2D eigenvalue weighted by molar-refractivity contribution is 0.157. The summed E-state index contributed by atoms with van der Waals surface area (Å²) < 4.78 is 0. The van der Waals surface area contributed by atoms with Crippen molar-refractivity contribution in [2.75, 3.05) is 6.54 Å². The standard InChI is InChI=1S/C19H33NS/c1-6-11-20-18(17-15(4)12-16(5)21-17)19(13-14(2)3)9-7-8-10-19/h12,14,18,20H,6-11,13H2,1-5H3. The van der Waals surface area contributed by atoms with Gasteiger partial charge in [0.25, 0.3) is 0 Å². The molecule has 1 aromatic rings. The zero-order valence-corrected chi connectivity index (χ0v) is 15.4. The van der Waals surface area contributed by atoms with Gasteiger partial charge in [-0.15, -0.1) is 11.3 Å². The van der Waals surface area contributed by atoms with E-state index < -0.39 is 0 Å². The third-order valence-corrected chi connectivity index (χ3v) is 6.18. The highest BCUT2D eigenvalue weighted by molar-refractivity contribution is 7.12. The van der Waals surface area contributed by atoms with Gasteiger partial charge in [0.2, 0.25) is 0 Å². The van der Waals surface area contributed by atoms with Crippen LogP contribution in [0.3, 0.4) is 0 Å². The van der Waals surface area contributed by atoms with Gasteiger partial charge in [-0.3, -0.25) is 0 Å². The number of hydrogen-bond donors (Lipinski definition) is 1. The predicted molar refractivity (Wildman–Crippen MR) is 95.2 cm³/mol. The number of rotatable bonds is 7. The number of nitrogens with one attached hydrogen (secondary N) is 1. The molecule has 0 saturated heterocycles. The van der Waals surface area contributed by atoms with Crippen LogP contribution >= 0.6 is 11.3 Å². The summed E-state index contributed by atoms with van der Waals surface area (Å²) in [6, 6.07) is 2.94. The van der Waals surface area contributed by atoms with Gasteiger partial charge in [-0.25, -0.2) is 0 Å². The van der Waals surface area contributed by atoms with Crippen molar-refractivity contribution in [3.8, 4) is 0 Å². The van der Waals surface area contributed by atoms with Crippen LogP contribution in [0.2, 0.25) is 0 Å². The molecule has 0 aromatic carbocycles. The molecule has 0 aliphatic heterocycles. The maximum absolute atomic E-state index is 3.94. The van der Waals surface area contributed by atoms with Crippen molar-refractivity contribution in [3.05, 3.63) is 21.4 Å². The second-order valence-electron chi connectivity index (χ2n) is 7.46. The van der Waals surface area contributed by atoms with E-state index in [1.165, 1.54) is 49.0 Å². The zero-order valence-electron chi connectivity index (χ0n) is 14.6. The minimum Gasteiger partial charge on any atom is -0.309 e. The van der Waals surface area contributed by atoms with Crippen molar-refractivity contribution in [2.24, 2.45) is 11.3 Å². The van der Waals surface area contributed by atoms with Crippen molar-refractivity contribution in [3.63, 3.8) is 0 Å². The number of aryl methyl sites for hydroxylation is 2. The van der Waals surface area contributed by atoms with Crippen LogP contribution in [-0.2, 0) is 0 Å². The van der Waals surface area contributed by atoms with Gasteiger partial charge in [-0.2, -0.15) is 0 Å². The van der Waals surface area contributed by atoms with Gasteiger partial charge >= 0.3 is 0 Å².